The summed E-state index contributed by atoms with van der Waals surface area (Å²) in [5, 5.41) is 0. The van der Waals surface area contributed by atoms with E-state index in [1.54, 1.807) is 0 Å². The van der Waals surface area contributed by atoms with Crippen molar-refractivity contribution in [1.29, 1.82) is 0 Å². The van der Waals surface area contributed by atoms with Gasteiger partial charge >= 0.3 is 0 Å². The highest BCUT2D eigenvalue weighted by Crippen LogP contribution is 2.11. The van der Waals surface area contributed by atoms with E-state index in [1.165, 1.54) is 60.8 Å². The van der Waals surface area contributed by atoms with Crippen LogP contribution < -0.4 is 0 Å². The van der Waals surface area contributed by atoms with Gasteiger partial charge in [-0.2, -0.15) is 0 Å². The van der Waals surface area contributed by atoms with Crippen LogP contribution in [0.4, 0.5) is 0 Å². The topological polar surface area (TPSA) is 0 Å². The molecule has 0 saturated carbocycles. The van der Waals surface area contributed by atoms with Gasteiger partial charge in [-0.3, -0.25) is 0 Å². The van der Waals surface area contributed by atoms with Gasteiger partial charge in [-0.05, 0) is 53.9 Å². The molecule has 0 fully saturated rings. The van der Waals surface area contributed by atoms with E-state index in [9.17, 15) is 0 Å². The molecule has 4 aromatic rings. The molecule has 4 aromatic carbocycles. The van der Waals surface area contributed by atoms with E-state index in [4.69, 9.17) is 0 Å². The summed E-state index contributed by atoms with van der Waals surface area (Å²) in [7, 11) is 0. The second kappa shape index (κ2) is 22.1. The van der Waals surface area contributed by atoms with Crippen LogP contribution in [0.3, 0.4) is 0 Å². The van der Waals surface area contributed by atoms with E-state index in [1.807, 2.05) is 12.1 Å². The SMILES string of the molecule is CC(C)c1ccccc1.CCCCCc1ccccc1.CCCc1ccccc1.CCc1ccccc1. The lowest BCUT2D eigenvalue weighted by atomic mass is 10.0. The van der Waals surface area contributed by atoms with E-state index in [0.717, 1.165) is 6.42 Å². The highest BCUT2D eigenvalue weighted by molar-refractivity contribution is 5.18. The highest BCUT2D eigenvalue weighted by atomic mass is 14.0. The largest absolute Gasteiger partial charge is 0.0654 e. The minimum absolute atomic E-state index is 0.659. The average molecular weight is 495 g/mol. The zero-order valence-corrected chi connectivity index (χ0v) is 24.1. The van der Waals surface area contributed by atoms with E-state index < -0.39 is 0 Å². The van der Waals surface area contributed by atoms with E-state index in [-0.39, 0.29) is 0 Å². The molecule has 0 aliphatic heterocycles. The molecule has 0 unspecified atom stereocenters. The quantitative estimate of drug-likeness (QED) is 0.214. The zero-order chi connectivity index (χ0) is 27.0. The molecule has 0 spiro atoms. The first-order valence-corrected chi connectivity index (χ1v) is 14.3. The van der Waals surface area contributed by atoms with Crippen LogP contribution in [0.25, 0.3) is 0 Å². The van der Waals surface area contributed by atoms with Gasteiger partial charge < -0.3 is 0 Å². The lowest BCUT2D eigenvalue weighted by molar-refractivity contribution is 0.717. The summed E-state index contributed by atoms with van der Waals surface area (Å²) in [6, 6.07) is 42.3. The molecule has 0 aliphatic carbocycles. The van der Waals surface area contributed by atoms with Crippen LogP contribution in [0.1, 0.15) is 88.5 Å². The third-order valence-electron chi connectivity index (χ3n) is 6.01. The Balaban J connectivity index is 0.000000248. The van der Waals surface area contributed by atoms with Crippen LogP contribution in [-0.4, -0.2) is 0 Å². The number of aryl methyl sites for hydroxylation is 3. The fourth-order valence-electron chi connectivity index (χ4n) is 3.71. The maximum absolute atomic E-state index is 2.24. The monoisotopic (exact) mass is 494 g/mol. The summed E-state index contributed by atoms with van der Waals surface area (Å²) in [6.45, 7) is 11.0. The fraction of sp³-hybridized carbons (Fsp3) is 0.351. The smallest absolute Gasteiger partial charge is 0.0219 e. The van der Waals surface area contributed by atoms with Gasteiger partial charge in [-0.15, -0.1) is 0 Å². The molecule has 4 rings (SSSR count). The van der Waals surface area contributed by atoms with Gasteiger partial charge in [0.1, 0.15) is 0 Å². The Labute approximate surface area is 228 Å². The minimum atomic E-state index is 0.659. The number of hydrogen-bond donors (Lipinski definition) is 0. The Bertz CT molecular complexity index is 973. The molecule has 0 aromatic heterocycles. The van der Waals surface area contributed by atoms with Crippen LogP contribution in [-0.2, 0) is 19.3 Å². The zero-order valence-electron chi connectivity index (χ0n) is 24.1. The predicted molar refractivity (Wildman–Crippen MR) is 166 cm³/mol. The highest BCUT2D eigenvalue weighted by Gasteiger charge is 1.93. The lowest BCUT2D eigenvalue weighted by Gasteiger charge is -2.01. The molecule has 0 radical (unpaired) electrons. The maximum atomic E-state index is 2.24. The molecular weight excluding hydrogens is 444 g/mol. The average Bonchev–Trinajstić information content (AvgIpc) is 2.96. The van der Waals surface area contributed by atoms with Crippen molar-refractivity contribution < 1.29 is 0 Å². The Morgan fingerprint density at radius 1 is 0.432 bits per heavy atom. The molecule has 0 nitrogen and oxygen atoms in total. The molecule has 0 heterocycles. The summed E-state index contributed by atoms with van der Waals surface area (Å²) < 4.78 is 0. The molecule has 0 N–H and O–H groups in total. The maximum Gasteiger partial charge on any atom is -0.0219 e. The van der Waals surface area contributed by atoms with Crippen molar-refractivity contribution in [2.45, 2.75) is 85.5 Å². The Hall–Kier alpha value is -3.12. The summed E-state index contributed by atoms with van der Waals surface area (Å²) in [5.41, 5.74) is 5.74. The van der Waals surface area contributed by atoms with E-state index >= 15 is 0 Å². The number of rotatable bonds is 8. The van der Waals surface area contributed by atoms with Gasteiger partial charge in [-0.25, -0.2) is 0 Å². The lowest BCUT2D eigenvalue weighted by Crippen LogP contribution is -1.83. The first-order chi connectivity index (χ1) is 18.1. The molecule has 0 amide bonds. The minimum Gasteiger partial charge on any atom is -0.0654 e. The third kappa shape index (κ3) is 17.1. The first kappa shape index (κ1) is 31.9. The molecular formula is C37H50. The van der Waals surface area contributed by atoms with E-state index in [2.05, 4.69) is 144 Å². The third-order valence-corrected chi connectivity index (χ3v) is 6.01. The second-order valence-electron chi connectivity index (χ2n) is 9.58. The van der Waals surface area contributed by atoms with Crippen LogP contribution in [0.2, 0.25) is 0 Å². The summed E-state index contributed by atoms with van der Waals surface area (Å²) in [6.07, 6.45) is 8.84. The van der Waals surface area contributed by atoms with Gasteiger partial charge in [-0.1, -0.05) is 175 Å². The molecule has 0 heteroatoms. The van der Waals surface area contributed by atoms with Crippen molar-refractivity contribution in [3.8, 4) is 0 Å². The van der Waals surface area contributed by atoms with Crippen molar-refractivity contribution in [3.63, 3.8) is 0 Å². The van der Waals surface area contributed by atoms with E-state index in [0.29, 0.717) is 5.92 Å². The van der Waals surface area contributed by atoms with Crippen LogP contribution in [0.5, 0.6) is 0 Å². The molecule has 0 atom stereocenters. The number of hydrogen-bond acceptors (Lipinski definition) is 0. The Morgan fingerprint density at radius 2 is 0.838 bits per heavy atom. The molecule has 0 aliphatic rings. The van der Waals surface area contributed by atoms with Gasteiger partial charge in [0.2, 0.25) is 0 Å². The van der Waals surface area contributed by atoms with Gasteiger partial charge in [0, 0.05) is 0 Å². The van der Waals surface area contributed by atoms with Gasteiger partial charge in [0.05, 0.1) is 0 Å². The van der Waals surface area contributed by atoms with Crippen molar-refractivity contribution in [2.75, 3.05) is 0 Å². The normalized spacial score (nSPS) is 9.68. The van der Waals surface area contributed by atoms with Gasteiger partial charge in [0.25, 0.3) is 0 Å². The Morgan fingerprint density at radius 3 is 1.16 bits per heavy atom. The van der Waals surface area contributed by atoms with Crippen LogP contribution in [0.15, 0.2) is 121 Å². The van der Waals surface area contributed by atoms with Gasteiger partial charge in [0.15, 0.2) is 0 Å². The van der Waals surface area contributed by atoms with Crippen molar-refractivity contribution in [3.05, 3.63) is 144 Å². The first-order valence-electron chi connectivity index (χ1n) is 14.3. The van der Waals surface area contributed by atoms with Crippen molar-refractivity contribution in [1.82, 2.24) is 0 Å². The number of benzene rings is 4. The van der Waals surface area contributed by atoms with Crippen LogP contribution in [0, 0.1) is 0 Å². The van der Waals surface area contributed by atoms with Crippen LogP contribution >= 0.6 is 0 Å². The molecule has 198 valence electrons. The summed E-state index contributed by atoms with van der Waals surface area (Å²) in [5.74, 6) is 0.659. The van der Waals surface area contributed by atoms with Crippen molar-refractivity contribution in [2.24, 2.45) is 0 Å². The standard InChI is InChI=1S/C11H16.2C9H12.C8H10/c1-2-3-5-8-11-9-6-4-7-10-11;1-8(2)9-6-4-3-5-7-9;1-2-6-9-7-4-3-5-8-9;1-2-8-6-4-3-5-7-8/h4,6-7,9-10H,2-3,5,8H2,1H3;3-8H,1-2H3;3-5,7-8H,2,6H2,1H3;3-7H,2H2,1H3. The molecule has 37 heavy (non-hydrogen) atoms. The fourth-order valence-corrected chi connectivity index (χ4v) is 3.71. The Kier molecular flexibility index (Phi) is 19.1. The summed E-state index contributed by atoms with van der Waals surface area (Å²) >= 11 is 0. The second-order valence-corrected chi connectivity index (χ2v) is 9.58. The molecule has 0 bridgehead atoms. The molecule has 0 saturated heterocycles. The number of unbranched alkanes of at least 4 members (excludes halogenated alkanes) is 2. The summed E-state index contributed by atoms with van der Waals surface area (Å²) in [4.78, 5) is 0. The van der Waals surface area contributed by atoms with Crippen molar-refractivity contribution >= 4 is 0 Å². The predicted octanol–water partition coefficient (Wildman–Crippen LogP) is 11.1.